The van der Waals surface area contributed by atoms with Crippen molar-refractivity contribution in [1.82, 2.24) is 4.98 Å². The van der Waals surface area contributed by atoms with Crippen LogP contribution in [0.4, 0.5) is 11.5 Å². The Morgan fingerprint density at radius 3 is 2.85 bits per heavy atom. The van der Waals surface area contributed by atoms with Crippen LogP contribution in [0.2, 0.25) is 0 Å². The highest BCUT2D eigenvalue weighted by Crippen LogP contribution is 2.19. The highest BCUT2D eigenvalue weighted by Gasteiger charge is 2.13. The molecule has 20 heavy (non-hydrogen) atoms. The van der Waals surface area contributed by atoms with Gasteiger partial charge in [-0.1, -0.05) is 32.6 Å². The number of hydrogen-bond donors (Lipinski definition) is 1. The van der Waals surface area contributed by atoms with E-state index in [2.05, 4.69) is 17.2 Å². The Bertz CT molecular complexity index is 496. The fraction of sp³-hybridized carbons (Fsp3) is 0.571. The zero-order valence-electron chi connectivity index (χ0n) is 11.9. The van der Waals surface area contributed by atoms with Crippen molar-refractivity contribution in [2.45, 2.75) is 52.0 Å². The van der Waals surface area contributed by atoms with E-state index >= 15 is 0 Å². The lowest BCUT2D eigenvalue weighted by molar-refractivity contribution is -0.385. The monoisotopic (exact) mass is 276 g/mol. The minimum absolute atomic E-state index is 0.164. The minimum atomic E-state index is -0.550. The Kier molecular flexibility index (Phi) is 6.44. The molecule has 0 aliphatic carbocycles. The van der Waals surface area contributed by atoms with E-state index in [0.29, 0.717) is 5.82 Å². The average Bonchev–Trinajstić information content (AvgIpc) is 2.43. The van der Waals surface area contributed by atoms with Crippen LogP contribution >= 0.6 is 0 Å². The molecule has 0 aliphatic rings. The van der Waals surface area contributed by atoms with Gasteiger partial charge in [-0.25, -0.2) is 4.98 Å². The second-order valence-corrected chi connectivity index (χ2v) is 4.85. The minimum Gasteiger partial charge on any atom is -0.367 e. The highest BCUT2D eigenvalue weighted by molar-refractivity contribution is 5.55. The molecule has 0 bridgehead atoms. The molecule has 108 valence electrons. The van der Waals surface area contributed by atoms with Crippen molar-refractivity contribution >= 4 is 11.5 Å². The Labute approximate surface area is 119 Å². The number of unbranched alkanes of at least 4 members (excludes halogenated alkanes) is 3. The fourth-order valence-corrected chi connectivity index (χ4v) is 1.94. The second-order valence-electron chi connectivity index (χ2n) is 4.85. The lowest BCUT2D eigenvalue weighted by atomic mass is 10.1. The number of nitriles is 1. The number of anilines is 1. The van der Waals surface area contributed by atoms with Gasteiger partial charge in [0.2, 0.25) is 0 Å². The van der Waals surface area contributed by atoms with Crippen LogP contribution in [0.1, 0.15) is 51.5 Å². The van der Waals surface area contributed by atoms with Gasteiger partial charge in [0.05, 0.1) is 4.92 Å². The molecule has 0 spiro atoms. The topological polar surface area (TPSA) is 91.8 Å². The average molecular weight is 276 g/mol. The molecule has 1 heterocycles. The molecule has 1 unspecified atom stereocenters. The van der Waals surface area contributed by atoms with Gasteiger partial charge in [-0.05, 0) is 13.3 Å². The van der Waals surface area contributed by atoms with Crippen molar-refractivity contribution in [3.05, 3.63) is 27.9 Å². The molecule has 0 aliphatic heterocycles. The maximum absolute atomic E-state index is 10.6. The molecule has 6 heteroatoms. The number of nitro groups is 1. The first-order chi connectivity index (χ1) is 9.58. The molecule has 1 N–H and O–H groups in total. The molecular weight excluding hydrogens is 256 g/mol. The quantitative estimate of drug-likeness (QED) is 0.444. The van der Waals surface area contributed by atoms with E-state index in [-0.39, 0.29) is 17.3 Å². The number of nitrogens with one attached hydrogen (secondary N) is 1. The van der Waals surface area contributed by atoms with Gasteiger partial charge in [0.1, 0.15) is 23.6 Å². The zero-order chi connectivity index (χ0) is 15.0. The predicted molar refractivity (Wildman–Crippen MR) is 77.5 cm³/mol. The molecule has 0 fully saturated rings. The summed E-state index contributed by atoms with van der Waals surface area (Å²) in [4.78, 5) is 14.1. The van der Waals surface area contributed by atoms with Crippen molar-refractivity contribution in [2.75, 3.05) is 5.32 Å². The van der Waals surface area contributed by atoms with Gasteiger partial charge in [0.15, 0.2) is 0 Å². The normalized spacial score (nSPS) is 11.7. The van der Waals surface area contributed by atoms with Crippen LogP contribution < -0.4 is 5.32 Å². The van der Waals surface area contributed by atoms with E-state index in [1.54, 1.807) is 0 Å². The lowest BCUT2D eigenvalue weighted by Crippen LogP contribution is -2.17. The first-order valence-corrected chi connectivity index (χ1v) is 6.89. The number of aromatic nitrogens is 1. The third-order valence-corrected chi connectivity index (χ3v) is 3.08. The van der Waals surface area contributed by atoms with E-state index in [4.69, 9.17) is 5.26 Å². The van der Waals surface area contributed by atoms with E-state index in [9.17, 15) is 10.1 Å². The third-order valence-electron chi connectivity index (χ3n) is 3.08. The number of rotatable bonds is 8. The lowest BCUT2D eigenvalue weighted by Gasteiger charge is -2.15. The van der Waals surface area contributed by atoms with Crippen molar-refractivity contribution in [1.29, 1.82) is 5.26 Å². The van der Waals surface area contributed by atoms with Crippen LogP contribution in [-0.2, 0) is 0 Å². The van der Waals surface area contributed by atoms with Crippen LogP contribution in [-0.4, -0.2) is 15.9 Å². The summed E-state index contributed by atoms with van der Waals surface area (Å²) in [6.45, 7) is 4.19. The smallest absolute Gasteiger partial charge is 0.289 e. The molecule has 0 radical (unpaired) electrons. The van der Waals surface area contributed by atoms with Gasteiger partial charge in [0, 0.05) is 12.1 Å². The highest BCUT2D eigenvalue weighted by atomic mass is 16.6. The summed E-state index contributed by atoms with van der Waals surface area (Å²) in [6.07, 6.45) is 6.91. The molecular formula is C14H20N4O2. The molecule has 1 aromatic heterocycles. The van der Waals surface area contributed by atoms with E-state index in [1.807, 2.05) is 13.0 Å². The van der Waals surface area contributed by atoms with Gasteiger partial charge in [-0.2, -0.15) is 5.26 Å². The van der Waals surface area contributed by atoms with Crippen molar-refractivity contribution < 1.29 is 4.92 Å². The van der Waals surface area contributed by atoms with Crippen LogP contribution in [0.15, 0.2) is 12.3 Å². The Morgan fingerprint density at radius 2 is 2.25 bits per heavy atom. The molecule has 1 aromatic rings. The molecule has 0 amide bonds. The van der Waals surface area contributed by atoms with Crippen LogP contribution in [0.25, 0.3) is 0 Å². The summed E-state index contributed by atoms with van der Waals surface area (Å²) in [6, 6.07) is 3.38. The molecule has 0 aromatic carbocycles. The van der Waals surface area contributed by atoms with Gasteiger partial charge in [-0.15, -0.1) is 0 Å². The van der Waals surface area contributed by atoms with Crippen molar-refractivity contribution in [2.24, 2.45) is 0 Å². The van der Waals surface area contributed by atoms with Gasteiger partial charge in [0.25, 0.3) is 5.69 Å². The zero-order valence-corrected chi connectivity index (χ0v) is 11.9. The summed E-state index contributed by atoms with van der Waals surface area (Å²) >= 11 is 0. The molecule has 0 saturated heterocycles. The van der Waals surface area contributed by atoms with Gasteiger partial charge in [-0.3, -0.25) is 10.1 Å². The molecule has 1 atom stereocenters. The summed E-state index contributed by atoms with van der Waals surface area (Å²) in [5.74, 6) is 0.418. The van der Waals surface area contributed by atoms with E-state index in [0.717, 1.165) is 12.8 Å². The summed E-state index contributed by atoms with van der Waals surface area (Å²) < 4.78 is 0. The SMILES string of the molecule is CCCCCCC(C)Nc1ncc([N+](=O)[O-])cc1C#N. The number of pyridine rings is 1. The first-order valence-electron chi connectivity index (χ1n) is 6.89. The van der Waals surface area contributed by atoms with Crippen LogP contribution in [0, 0.1) is 21.4 Å². The second kappa shape index (κ2) is 8.10. The first kappa shape index (κ1) is 15.9. The summed E-state index contributed by atoms with van der Waals surface area (Å²) in [7, 11) is 0. The largest absolute Gasteiger partial charge is 0.367 e. The predicted octanol–water partition coefficient (Wildman–Crippen LogP) is 3.63. The Balaban J connectivity index is 2.63. The maximum Gasteiger partial charge on any atom is 0.289 e. The third kappa shape index (κ3) is 4.84. The van der Waals surface area contributed by atoms with Crippen LogP contribution in [0.3, 0.4) is 0 Å². The van der Waals surface area contributed by atoms with E-state index < -0.39 is 4.92 Å². The molecule has 0 saturated carbocycles. The summed E-state index contributed by atoms with van der Waals surface area (Å²) in [5.41, 5.74) is 0.0438. The Morgan fingerprint density at radius 1 is 1.50 bits per heavy atom. The summed E-state index contributed by atoms with van der Waals surface area (Å²) in [5, 5.41) is 22.8. The standard InChI is InChI=1S/C14H20N4O2/c1-3-4-5-6-7-11(2)17-14-12(9-15)8-13(10-16-14)18(19)20/h8,10-11H,3-7H2,1-2H3,(H,16,17). The van der Waals surface area contributed by atoms with Gasteiger partial charge >= 0.3 is 0 Å². The van der Waals surface area contributed by atoms with Crippen molar-refractivity contribution in [3.8, 4) is 6.07 Å². The molecule has 6 nitrogen and oxygen atoms in total. The number of nitrogens with zero attached hydrogens (tertiary/aromatic N) is 3. The maximum atomic E-state index is 10.6. The van der Waals surface area contributed by atoms with Crippen LogP contribution in [0.5, 0.6) is 0 Å². The van der Waals surface area contributed by atoms with Crippen molar-refractivity contribution in [3.63, 3.8) is 0 Å². The fourth-order valence-electron chi connectivity index (χ4n) is 1.94. The number of hydrogen-bond acceptors (Lipinski definition) is 5. The van der Waals surface area contributed by atoms with Gasteiger partial charge < -0.3 is 5.32 Å². The Hall–Kier alpha value is -2.16. The van der Waals surface area contributed by atoms with E-state index in [1.165, 1.54) is 31.5 Å². The molecule has 1 rings (SSSR count).